The fraction of sp³-hybridized carbons (Fsp3) is 0.625. The predicted octanol–water partition coefficient (Wildman–Crippen LogP) is 1.14. The van der Waals surface area contributed by atoms with Crippen LogP contribution in [0.4, 0.5) is 0 Å². The van der Waals surface area contributed by atoms with Crippen molar-refractivity contribution in [2.24, 2.45) is 0 Å². The molecular formula is C8H12ClNO. The van der Waals surface area contributed by atoms with E-state index >= 15 is 0 Å². The summed E-state index contributed by atoms with van der Waals surface area (Å²) < 4.78 is 0. The molecule has 0 bridgehead atoms. The fourth-order valence-corrected chi connectivity index (χ4v) is 0.611. The smallest absolute Gasteiger partial charge is 0.238 e. The Bertz CT molecular complexity index is 171. The Morgan fingerprint density at radius 3 is 2.64 bits per heavy atom. The number of amides is 1. The summed E-state index contributed by atoms with van der Waals surface area (Å²) in [6.07, 6.45) is 5.85. The number of carbonyl (C=O) groups excluding carboxylic acids is 1. The highest BCUT2D eigenvalue weighted by atomic mass is 35.5. The van der Waals surface area contributed by atoms with Gasteiger partial charge in [-0.25, -0.2) is 0 Å². The van der Waals surface area contributed by atoms with Crippen molar-refractivity contribution >= 4 is 17.5 Å². The number of hydrogen-bond acceptors (Lipinski definition) is 1. The Labute approximate surface area is 72.3 Å². The van der Waals surface area contributed by atoms with Gasteiger partial charge in [-0.3, -0.25) is 4.79 Å². The Morgan fingerprint density at radius 1 is 1.82 bits per heavy atom. The Hall–Kier alpha value is -0.680. The zero-order valence-electron chi connectivity index (χ0n) is 6.73. The zero-order chi connectivity index (χ0) is 8.85. The van der Waals surface area contributed by atoms with E-state index in [1.54, 1.807) is 6.92 Å². The second-order valence-electron chi connectivity index (χ2n) is 2.25. The lowest BCUT2D eigenvalue weighted by Gasteiger charge is -2.11. The summed E-state index contributed by atoms with van der Waals surface area (Å²) in [5.41, 5.74) is 0. The molecule has 0 radical (unpaired) electrons. The van der Waals surface area contributed by atoms with Crippen LogP contribution in [0.2, 0.25) is 0 Å². The number of carbonyl (C=O) groups is 1. The van der Waals surface area contributed by atoms with Crippen molar-refractivity contribution in [2.45, 2.75) is 31.7 Å². The highest BCUT2D eigenvalue weighted by Crippen LogP contribution is 1.95. The molecular weight excluding hydrogens is 162 g/mol. The minimum atomic E-state index is -0.516. The molecule has 0 aromatic heterocycles. The highest BCUT2D eigenvalue weighted by molar-refractivity contribution is 6.30. The standard InChI is InChI=1S/C8H12ClNO/c1-4-7(5-2)10-8(11)6(3)9/h1,6-7H,5H2,2-3H3,(H,10,11). The fourth-order valence-electron chi connectivity index (χ4n) is 0.548. The van der Waals surface area contributed by atoms with E-state index in [9.17, 15) is 4.79 Å². The van der Waals surface area contributed by atoms with Gasteiger partial charge < -0.3 is 5.32 Å². The molecule has 0 saturated heterocycles. The van der Waals surface area contributed by atoms with Gasteiger partial charge in [-0.05, 0) is 13.3 Å². The van der Waals surface area contributed by atoms with Crippen molar-refractivity contribution in [3.63, 3.8) is 0 Å². The van der Waals surface area contributed by atoms with Gasteiger partial charge in [-0.2, -0.15) is 0 Å². The molecule has 2 atom stereocenters. The molecule has 0 aliphatic heterocycles. The molecule has 0 aromatic rings. The van der Waals surface area contributed by atoms with E-state index in [1.165, 1.54) is 0 Å². The third kappa shape index (κ3) is 3.90. The second-order valence-corrected chi connectivity index (χ2v) is 2.91. The lowest BCUT2D eigenvalue weighted by atomic mass is 10.2. The molecule has 1 amide bonds. The summed E-state index contributed by atoms with van der Waals surface area (Å²) in [4.78, 5) is 10.9. The van der Waals surface area contributed by atoms with Crippen LogP contribution in [-0.4, -0.2) is 17.3 Å². The van der Waals surface area contributed by atoms with Gasteiger partial charge in [0, 0.05) is 0 Å². The lowest BCUT2D eigenvalue weighted by Crippen LogP contribution is -2.37. The molecule has 0 aliphatic rings. The second kappa shape index (κ2) is 5.03. The van der Waals surface area contributed by atoms with Crippen LogP contribution in [0.3, 0.4) is 0 Å². The van der Waals surface area contributed by atoms with Gasteiger partial charge in [0.15, 0.2) is 0 Å². The first-order valence-electron chi connectivity index (χ1n) is 3.52. The normalized spacial score (nSPS) is 14.7. The molecule has 62 valence electrons. The van der Waals surface area contributed by atoms with E-state index in [1.807, 2.05) is 6.92 Å². The molecule has 0 heterocycles. The Morgan fingerprint density at radius 2 is 2.36 bits per heavy atom. The summed E-state index contributed by atoms with van der Waals surface area (Å²) in [6.45, 7) is 3.52. The summed E-state index contributed by atoms with van der Waals surface area (Å²) >= 11 is 5.51. The molecule has 0 rings (SSSR count). The topological polar surface area (TPSA) is 29.1 Å². The van der Waals surface area contributed by atoms with Gasteiger partial charge in [-0.1, -0.05) is 12.8 Å². The van der Waals surface area contributed by atoms with E-state index in [2.05, 4.69) is 11.2 Å². The van der Waals surface area contributed by atoms with Crippen molar-refractivity contribution in [3.8, 4) is 12.3 Å². The van der Waals surface area contributed by atoms with E-state index in [-0.39, 0.29) is 11.9 Å². The monoisotopic (exact) mass is 173 g/mol. The van der Waals surface area contributed by atoms with Gasteiger partial charge in [0.25, 0.3) is 0 Å². The molecule has 0 aliphatic carbocycles. The van der Waals surface area contributed by atoms with Gasteiger partial charge in [0.2, 0.25) is 5.91 Å². The van der Waals surface area contributed by atoms with Crippen LogP contribution in [0.25, 0.3) is 0 Å². The van der Waals surface area contributed by atoms with Crippen LogP contribution in [-0.2, 0) is 4.79 Å². The summed E-state index contributed by atoms with van der Waals surface area (Å²) in [7, 11) is 0. The van der Waals surface area contributed by atoms with E-state index in [4.69, 9.17) is 18.0 Å². The number of halogens is 1. The average Bonchev–Trinajstić information content (AvgIpc) is 1.99. The average molecular weight is 174 g/mol. The first-order chi connectivity index (χ1) is 5.11. The number of rotatable bonds is 3. The Balaban J connectivity index is 3.84. The quantitative estimate of drug-likeness (QED) is 0.504. The van der Waals surface area contributed by atoms with Crippen molar-refractivity contribution in [1.29, 1.82) is 0 Å². The zero-order valence-corrected chi connectivity index (χ0v) is 7.48. The van der Waals surface area contributed by atoms with E-state index in [0.717, 1.165) is 6.42 Å². The highest BCUT2D eigenvalue weighted by Gasteiger charge is 2.11. The molecule has 0 spiro atoms. The molecule has 0 aromatic carbocycles. The van der Waals surface area contributed by atoms with Gasteiger partial charge in [0.05, 0.1) is 6.04 Å². The Kier molecular flexibility index (Phi) is 4.72. The van der Waals surface area contributed by atoms with Gasteiger partial charge >= 0.3 is 0 Å². The molecule has 0 fully saturated rings. The molecule has 1 N–H and O–H groups in total. The van der Waals surface area contributed by atoms with Crippen LogP contribution >= 0.6 is 11.6 Å². The van der Waals surface area contributed by atoms with Gasteiger partial charge in [0.1, 0.15) is 5.38 Å². The number of hydrogen-bond donors (Lipinski definition) is 1. The van der Waals surface area contributed by atoms with Crippen molar-refractivity contribution in [3.05, 3.63) is 0 Å². The maximum absolute atomic E-state index is 10.9. The number of nitrogens with one attached hydrogen (secondary N) is 1. The van der Waals surface area contributed by atoms with Crippen molar-refractivity contribution in [1.82, 2.24) is 5.32 Å². The van der Waals surface area contributed by atoms with Crippen LogP contribution in [0.5, 0.6) is 0 Å². The van der Waals surface area contributed by atoms with Crippen LogP contribution in [0.1, 0.15) is 20.3 Å². The summed E-state index contributed by atoms with van der Waals surface area (Å²) in [6, 6.07) is -0.191. The SMILES string of the molecule is C#CC(CC)NC(=O)C(C)Cl. The number of alkyl halides is 1. The molecule has 11 heavy (non-hydrogen) atoms. The third-order valence-corrected chi connectivity index (χ3v) is 1.49. The van der Waals surface area contributed by atoms with Gasteiger partial charge in [-0.15, -0.1) is 18.0 Å². The lowest BCUT2D eigenvalue weighted by molar-refractivity contribution is -0.120. The van der Waals surface area contributed by atoms with Crippen molar-refractivity contribution < 1.29 is 4.79 Å². The molecule has 0 saturated carbocycles. The van der Waals surface area contributed by atoms with Crippen LogP contribution in [0, 0.1) is 12.3 Å². The maximum atomic E-state index is 10.9. The molecule has 3 heteroatoms. The molecule has 2 nitrogen and oxygen atoms in total. The van der Waals surface area contributed by atoms with Crippen LogP contribution in [0.15, 0.2) is 0 Å². The van der Waals surface area contributed by atoms with Crippen molar-refractivity contribution in [2.75, 3.05) is 0 Å². The predicted molar refractivity (Wildman–Crippen MR) is 46.4 cm³/mol. The van der Waals surface area contributed by atoms with Crippen LogP contribution < -0.4 is 5.32 Å². The largest absolute Gasteiger partial charge is 0.341 e. The first-order valence-corrected chi connectivity index (χ1v) is 3.96. The maximum Gasteiger partial charge on any atom is 0.238 e. The summed E-state index contributed by atoms with van der Waals surface area (Å²) in [5.74, 6) is 2.24. The summed E-state index contributed by atoms with van der Waals surface area (Å²) in [5, 5.41) is 2.09. The van der Waals surface area contributed by atoms with E-state index in [0.29, 0.717) is 0 Å². The third-order valence-electron chi connectivity index (χ3n) is 1.29. The van der Waals surface area contributed by atoms with E-state index < -0.39 is 5.38 Å². The minimum absolute atomic E-state index is 0.191. The first kappa shape index (κ1) is 10.3. The molecule has 2 unspecified atom stereocenters. The number of terminal acetylenes is 1. The minimum Gasteiger partial charge on any atom is -0.341 e.